The Balaban J connectivity index is 2.45. The van der Waals surface area contributed by atoms with Crippen LogP contribution >= 0.6 is 15.9 Å². The lowest BCUT2D eigenvalue weighted by molar-refractivity contribution is 0.0259. The van der Waals surface area contributed by atoms with Gasteiger partial charge in [-0.1, -0.05) is 0 Å². The summed E-state index contributed by atoms with van der Waals surface area (Å²) in [4.78, 5) is 0. The van der Waals surface area contributed by atoms with Crippen molar-refractivity contribution in [1.82, 2.24) is 5.32 Å². The lowest BCUT2D eigenvalue weighted by atomic mass is 10.1. The maximum atomic E-state index is 13.9. The summed E-state index contributed by atoms with van der Waals surface area (Å²) in [6, 6.07) is 1.40. The van der Waals surface area contributed by atoms with Crippen molar-refractivity contribution >= 4 is 15.9 Å². The molecule has 0 saturated carbocycles. The van der Waals surface area contributed by atoms with Crippen molar-refractivity contribution in [3.8, 4) is 11.5 Å². The fourth-order valence-electron chi connectivity index (χ4n) is 2.00. The molecule has 4 nitrogen and oxygen atoms in total. The summed E-state index contributed by atoms with van der Waals surface area (Å²) in [5.41, 5.74) is 0.676. The predicted molar refractivity (Wildman–Crippen MR) is 68.8 cm³/mol. The number of hydrogen-bond donors (Lipinski definition) is 1. The molecule has 100 valence electrons. The van der Waals surface area contributed by atoms with Crippen LogP contribution < -0.4 is 14.8 Å². The molecule has 1 heterocycles. The van der Waals surface area contributed by atoms with E-state index in [4.69, 9.17) is 14.2 Å². The van der Waals surface area contributed by atoms with Gasteiger partial charge in [-0.2, -0.15) is 0 Å². The summed E-state index contributed by atoms with van der Waals surface area (Å²) in [5, 5.41) is 3.20. The lowest BCUT2D eigenvalue weighted by Gasteiger charge is -2.26. The minimum Gasteiger partial charge on any atom is -0.495 e. The van der Waals surface area contributed by atoms with Crippen LogP contribution in [-0.2, 0) is 4.74 Å². The lowest BCUT2D eigenvalue weighted by Crippen LogP contribution is -2.33. The van der Waals surface area contributed by atoms with E-state index < -0.39 is 5.82 Å². The van der Waals surface area contributed by atoms with E-state index in [1.807, 2.05) is 0 Å². The Labute approximate surface area is 114 Å². The fourth-order valence-corrected chi connectivity index (χ4v) is 2.74. The number of benzene rings is 1. The Bertz CT molecular complexity index is 436. The van der Waals surface area contributed by atoms with Crippen LogP contribution in [0.2, 0.25) is 0 Å². The molecule has 0 spiro atoms. The van der Waals surface area contributed by atoms with Crippen LogP contribution in [0.5, 0.6) is 11.5 Å². The Morgan fingerprint density at radius 1 is 1.39 bits per heavy atom. The van der Waals surface area contributed by atoms with Gasteiger partial charge in [-0.15, -0.1) is 0 Å². The molecule has 0 aliphatic carbocycles. The van der Waals surface area contributed by atoms with Gasteiger partial charge >= 0.3 is 0 Å². The summed E-state index contributed by atoms with van der Waals surface area (Å²) in [6.45, 7) is 2.03. The molecule has 2 rings (SSSR count). The highest BCUT2D eigenvalue weighted by Crippen LogP contribution is 2.42. The second-order valence-electron chi connectivity index (χ2n) is 3.89. The monoisotopic (exact) mass is 319 g/mol. The molecule has 1 aliphatic rings. The standard InChI is InChI=1S/C12H15BrFNO3/c1-16-11-7(9-6-15-3-4-18-9)5-8(14)12(17-2)10(11)13/h5,9,15H,3-4,6H2,1-2H3. The van der Waals surface area contributed by atoms with Crippen molar-refractivity contribution in [2.24, 2.45) is 0 Å². The van der Waals surface area contributed by atoms with E-state index >= 15 is 0 Å². The highest BCUT2D eigenvalue weighted by atomic mass is 79.9. The van der Waals surface area contributed by atoms with E-state index in [1.54, 1.807) is 0 Å². The van der Waals surface area contributed by atoms with Gasteiger partial charge in [-0.25, -0.2) is 4.39 Å². The van der Waals surface area contributed by atoms with E-state index in [-0.39, 0.29) is 11.9 Å². The van der Waals surface area contributed by atoms with Crippen molar-refractivity contribution in [2.45, 2.75) is 6.10 Å². The summed E-state index contributed by atoms with van der Waals surface area (Å²) in [5.74, 6) is 0.246. The van der Waals surface area contributed by atoms with Gasteiger partial charge in [-0.05, 0) is 22.0 Å². The van der Waals surface area contributed by atoms with Crippen LogP contribution in [0.4, 0.5) is 4.39 Å². The van der Waals surface area contributed by atoms with Gasteiger partial charge in [0.2, 0.25) is 0 Å². The molecule has 1 fully saturated rings. The quantitative estimate of drug-likeness (QED) is 0.927. The van der Waals surface area contributed by atoms with Crippen LogP contribution in [0.25, 0.3) is 0 Å². The largest absolute Gasteiger partial charge is 0.495 e. The molecular weight excluding hydrogens is 305 g/mol. The third-order valence-electron chi connectivity index (χ3n) is 2.84. The first-order valence-corrected chi connectivity index (χ1v) is 6.40. The molecule has 1 aromatic carbocycles. The zero-order valence-electron chi connectivity index (χ0n) is 10.3. The van der Waals surface area contributed by atoms with Gasteiger partial charge in [0.05, 0.1) is 26.9 Å². The number of methoxy groups -OCH3 is 2. The Morgan fingerprint density at radius 3 is 2.67 bits per heavy atom. The van der Waals surface area contributed by atoms with Gasteiger partial charge < -0.3 is 19.5 Å². The second-order valence-corrected chi connectivity index (χ2v) is 4.68. The summed E-state index contributed by atoms with van der Waals surface area (Å²) < 4.78 is 30.3. The molecule has 0 amide bonds. The third-order valence-corrected chi connectivity index (χ3v) is 3.56. The number of hydrogen-bond acceptors (Lipinski definition) is 4. The molecule has 18 heavy (non-hydrogen) atoms. The predicted octanol–water partition coefficient (Wildman–Crippen LogP) is 2.27. The maximum absolute atomic E-state index is 13.9. The molecule has 0 radical (unpaired) electrons. The number of halogens is 2. The molecule has 0 bridgehead atoms. The molecule has 0 aromatic heterocycles. The van der Waals surface area contributed by atoms with E-state index in [2.05, 4.69) is 21.2 Å². The van der Waals surface area contributed by atoms with E-state index in [0.717, 1.165) is 6.54 Å². The smallest absolute Gasteiger partial charge is 0.172 e. The third kappa shape index (κ3) is 2.46. The van der Waals surface area contributed by atoms with Crippen LogP contribution in [0.15, 0.2) is 10.5 Å². The molecule has 1 aromatic rings. The van der Waals surface area contributed by atoms with Crippen molar-refractivity contribution in [1.29, 1.82) is 0 Å². The summed E-state index contributed by atoms with van der Waals surface area (Å²) in [6.07, 6.45) is -0.217. The Morgan fingerprint density at radius 2 is 2.11 bits per heavy atom. The van der Waals surface area contributed by atoms with Crippen molar-refractivity contribution in [3.05, 3.63) is 21.9 Å². The molecular formula is C12H15BrFNO3. The van der Waals surface area contributed by atoms with Crippen LogP contribution in [-0.4, -0.2) is 33.9 Å². The number of ether oxygens (including phenoxy) is 3. The zero-order valence-corrected chi connectivity index (χ0v) is 11.8. The average Bonchev–Trinajstić information content (AvgIpc) is 2.39. The van der Waals surface area contributed by atoms with E-state index in [1.165, 1.54) is 20.3 Å². The fraction of sp³-hybridized carbons (Fsp3) is 0.500. The Kier molecular flexibility index (Phi) is 4.42. The number of nitrogens with one attached hydrogen (secondary N) is 1. The molecule has 1 N–H and O–H groups in total. The minimum atomic E-state index is -0.436. The van der Waals surface area contributed by atoms with E-state index in [0.29, 0.717) is 28.9 Å². The molecule has 1 atom stereocenters. The number of rotatable bonds is 3. The normalized spacial score (nSPS) is 19.7. The molecule has 1 aliphatic heterocycles. The van der Waals surface area contributed by atoms with Crippen molar-refractivity contribution < 1.29 is 18.6 Å². The molecule has 1 unspecified atom stereocenters. The van der Waals surface area contributed by atoms with Gasteiger partial charge in [0, 0.05) is 18.7 Å². The summed E-state index contributed by atoms with van der Waals surface area (Å²) in [7, 11) is 2.96. The second kappa shape index (κ2) is 5.86. The van der Waals surface area contributed by atoms with Gasteiger partial charge in [0.25, 0.3) is 0 Å². The highest BCUT2D eigenvalue weighted by molar-refractivity contribution is 9.10. The van der Waals surface area contributed by atoms with Crippen molar-refractivity contribution in [3.63, 3.8) is 0 Å². The number of morpholine rings is 1. The maximum Gasteiger partial charge on any atom is 0.172 e. The first-order valence-electron chi connectivity index (χ1n) is 5.61. The van der Waals surface area contributed by atoms with Gasteiger partial charge in [-0.3, -0.25) is 0 Å². The van der Waals surface area contributed by atoms with E-state index in [9.17, 15) is 4.39 Å². The Hall–Kier alpha value is -0.850. The SMILES string of the molecule is COc1c(F)cc(C2CNCCO2)c(OC)c1Br. The van der Waals surface area contributed by atoms with Gasteiger partial charge in [0.1, 0.15) is 10.2 Å². The van der Waals surface area contributed by atoms with Crippen LogP contribution in [0, 0.1) is 5.82 Å². The summed E-state index contributed by atoms with van der Waals surface area (Å²) >= 11 is 3.30. The average molecular weight is 320 g/mol. The topological polar surface area (TPSA) is 39.7 Å². The van der Waals surface area contributed by atoms with Crippen LogP contribution in [0.1, 0.15) is 11.7 Å². The first kappa shape index (κ1) is 13.6. The zero-order chi connectivity index (χ0) is 13.1. The molecule has 1 saturated heterocycles. The highest BCUT2D eigenvalue weighted by Gasteiger charge is 2.25. The molecule has 6 heteroatoms. The first-order chi connectivity index (χ1) is 8.69. The van der Waals surface area contributed by atoms with Gasteiger partial charge in [0.15, 0.2) is 11.6 Å². The van der Waals surface area contributed by atoms with Crippen molar-refractivity contribution in [2.75, 3.05) is 33.9 Å². The minimum absolute atomic E-state index is 0.138. The van der Waals surface area contributed by atoms with Crippen LogP contribution in [0.3, 0.4) is 0 Å².